The Morgan fingerprint density at radius 1 is 1.11 bits per heavy atom. The second kappa shape index (κ2) is 10.3. The van der Waals surface area contributed by atoms with Gasteiger partial charge in [-0.3, -0.25) is 4.79 Å². The van der Waals surface area contributed by atoms with E-state index < -0.39 is 0 Å². The van der Waals surface area contributed by atoms with Gasteiger partial charge in [-0.25, -0.2) is 4.98 Å². The highest BCUT2D eigenvalue weighted by atomic mass is 32.2. The largest absolute Gasteiger partial charge is 0.361 e. The molecule has 2 aromatic heterocycles. The van der Waals surface area contributed by atoms with Crippen LogP contribution in [-0.4, -0.2) is 28.3 Å². The molecule has 7 heteroatoms. The Hall–Kier alpha value is -2.25. The van der Waals surface area contributed by atoms with Gasteiger partial charge in [0.05, 0.1) is 11.3 Å². The third-order valence-electron chi connectivity index (χ3n) is 4.17. The molecule has 0 aliphatic heterocycles. The van der Waals surface area contributed by atoms with Gasteiger partial charge in [0.15, 0.2) is 0 Å². The first-order valence-electron chi connectivity index (χ1n) is 9.10. The minimum atomic E-state index is -0.0842. The average molecular weight is 414 g/mol. The van der Waals surface area contributed by atoms with E-state index in [1.165, 1.54) is 16.7 Å². The van der Waals surface area contributed by atoms with Crippen molar-refractivity contribution in [2.24, 2.45) is 0 Å². The van der Waals surface area contributed by atoms with Crippen LogP contribution in [0.1, 0.15) is 33.8 Å². The van der Waals surface area contributed by atoms with E-state index in [1.807, 2.05) is 38.1 Å². The van der Waals surface area contributed by atoms with Gasteiger partial charge in [-0.05, 0) is 50.3 Å². The number of carbonyl (C=O) groups is 1. The number of rotatable bonds is 9. The molecule has 0 aliphatic carbocycles. The molecule has 5 nitrogen and oxygen atoms in total. The van der Waals surface area contributed by atoms with Crippen molar-refractivity contribution in [1.29, 1.82) is 0 Å². The summed E-state index contributed by atoms with van der Waals surface area (Å²) >= 11 is 3.32. The molecular formula is C21H23N3O2S2. The van der Waals surface area contributed by atoms with Gasteiger partial charge in [0, 0.05) is 29.0 Å². The quantitative estimate of drug-likeness (QED) is 0.398. The normalized spacial score (nSPS) is 10.8. The second-order valence-corrected chi connectivity index (χ2v) is 8.35. The van der Waals surface area contributed by atoms with Crippen molar-refractivity contribution < 1.29 is 9.32 Å². The van der Waals surface area contributed by atoms with E-state index in [4.69, 9.17) is 4.52 Å². The van der Waals surface area contributed by atoms with Crippen LogP contribution in [-0.2, 0) is 5.75 Å². The van der Waals surface area contributed by atoms with Gasteiger partial charge in [0.2, 0.25) is 0 Å². The number of carbonyl (C=O) groups excluding carboxylic acids is 1. The van der Waals surface area contributed by atoms with E-state index in [2.05, 4.69) is 27.6 Å². The maximum absolute atomic E-state index is 12.6. The van der Waals surface area contributed by atoms with Gasteiger partial charge in [0.1, 0.15) is 10.8 Å². The van der Waals surface area contributed by atoms with Crippen molar-refractivity contribution >= 4 is 29.4 Å². The molecule has 1 N–H and O–H groups in total. The van der Waals surface area contributed by atoms with Crippen LogP contribution in [0.15, 0.2) is 63.1 Å². The monoisotopic (exact) mass is 413 g/mol. The number of aryl methyl sites for hydroxylation is 2. The van der Waals surface area contributed by atoms with Gasteiger partial charge in [-0.2, -0.15) is 0 Å². The molecule has 3 rings (SSSR count). The molecular weight excluding hydrogens is 390 g/mol. The second-order valence-electron chi connectivity index (χ2n) is 6.22. The van der Waals surface area contributed by atoms with Crippen molar-refractivity contribution in [2.45, 2.75) is 35.9 Å². The smallest absolute Gasteiger partial charge is 0.254 e. The topological polar surface area (TPSA) is 68.0 Å². The molecule has 2 heterocycles. The first-order valence-corrected chi connectivity index (χ1v) is 11.1. The highest BCUT2D eigenvalue weighted by Gasteiger charge is 2.15. The van der Waals surface area contributed by atoms with Crippen LogP contribution in [0.5, 0.6) is 0 Å². The Labute approximate surface area is 173 Å². The molecule has 0 spiro atoms. The number of benzene rings is 1. The Morgan fingerprint density at radius 3 is 2.68 bits per heavy atom. The summed E-state index contributed by atoms with van der Waals surface area (Å²) in [6.07, 6.45) is 2.62. The fraction of sp³-hybridized carbons (Fsp3) is 0.286. The zero-order chi connectivity index (χ0) is 19.8. The first kappa shape index (κ1) is 20.5. The van der Waals surface area contributed by atoms with Crippen molar-refractivity contribution in [3.05, 3.63) is 71.2 Å². The van der Waals surface area contributed by atoms with Crippen LogP contribution in [0.2, 0.25) is 0 Å². The molecule has 0 saturated carbocycles. The van der Waals surface area contributed by atoms with Crippen molar-refractivity contribution in [1.82, 2.24) is 15.5 Å². The van der Waals surface area contributed by atoms with Crippen molar-refractivity contribution in [3.8, 4) is 0 Å². The highest BCUT2D eigenvalue weighted by Crippen LogP contribution is 2.27. The third-order valence-corrected chi connectivity index (χ3v) is 6.30. The Morgan fingerprint density at radius 2 is 1.93 bits per heavy atom. The molecule has 0 bridgehead atoms. The van der Waals surface area contributed by atoms with Gasteiger partial charge < -0.3 is 9.84 Å². The van der Waals surface area contributed by atoms with Crippen LogP contribution in [0.4, 0.5) is 0 Å². The minimum Gasteiger partial charge on any atom is -0.361 e. The number of thioether (sulfide) groups is 2. The lowest BCUT2D eigenvalue weighted by atomic mass is 10.2. The van der Waals surface area contributed by atoms with Crippen LogP contribution in [0.25, 0.3) is 0 Å². The summed E-state index contributed by atoms with van der Waals surface area (Å²) in [4.78, 5) is 18.2. The summed E-state index contributed by atoms with van der Waals surface area (Å²) in [7, 11) is 0. The number of pyridine rings is 1. The van der Waals surface area contributed by atoms with Crippen LogP contribution < -0.4 is 5.32 Å². The molecule has 0 fully saturated rings. The summed E-state index contributed by atoms with van der Waals surface area (Å²) < 4.78 is 5.20. The van der Waals surface area contributed by atoms with Crippen LogP contribution in [0, 0.1) is 13.8 Å². The van der Waals surface area contributed by atoms with Crippen molar-refractivity contribution in [3.63, 3.8) is 0 Å². The summed E-state index contributed by atoms with van der Waals surface area (Å²) in [6, 6.07) is 13.9. The molecule has 1 aromatic carbocycles. The lowest BCUT2D eigenvalue weighted by Gasteiger charge is -2.09. The van der Waals surface area contributed by atoms with Crippen LogP contribution in [0.3, 0.4) is 0 Å². The molecule has 0 saturated heterocycles. The maximum atomic E-state index is 12.6. The zero-order valence-corrected chi connectivity index (χ0v) is 17.6. The predicted octanol–water partition coefficient (Wildman–Crippen LogP) is 4.89. The SMILES string of the molecule is Cc1noc(C)c1CSc1ncccc1C(=O)NCCCSc1ccccc1. The van der Waals surface area contributed by atoms with Gasteiger partial charge in [-0.1, -0.05) is 23.4 Å². The zero-order valence-electron chi connectivity index (χ0n) is 16.0. The number of hydrogen-bond acceptors (Lipinski definition) is 6. The van der Waals surface area contributed by atoms with Gasteiger partial charge in [-0.15, -0.1) is 23.5 Å². The number of aromatic nitrogens is 2. The van der Waals surface area contributed by atoms with E-state index >= 15 is 0 Å². The number of nitrogens with one attached hydrogen (secondary N) is 1. The molecule has 28 heavy (non-hydrogen) atoms. The Kier molecular flexibility index (Phi) is 7.56. The summed E-state index contributed by atoms with van der Waals surface area (Å²) in [5, 5.41) is 7.70. The Balaban J connectivity index is 1.49. The average Bonchev–Trinajstić information content (AvgIpc) is 3.04. The number of amides is 1. The minimum absolute atomic E-state index is 0.0842. The molecule has 0 aliphatic rings. The number of nitrogens with zero attached hydrogens (tertiary/aromatic N) is 2. The van der Waals surface area contributed by atoms with Gasteiger partial charge in [0.25, 0.3) is 5.91 Å². The lowest BCUT2D eigenvalue weighted by molar-refractivity contribution is 0.0950. The van der Waals surface area contributed by atoms with Crippen molar-refractivity contribution in [2.75, 3.05) is 12.3 Å². The first-order chi connectivity index (χ1) is 13.6. The molecule has 146 valence electrons. The van der Waals surface area contributed by atoms with E-state index in [0.717, 1.165) is 34.2 Å². The third kappa shape index (κ3) is 5.62. The summed E-state index contributed by atoms with van der Waals surface area (Å²) in [5.41, 5.74) is 2.54. The predicted molar refractivity (Wildman–Crippen MR) is 114 cm³/mol. The molecule has 1 amide bonds. The van der Waals surface area contributed by atoms with E-state index in [9.17, 15) is 4.79 Å². The fourth-order valence-electron chi connectivity index (χ4n) is 2.60. The number of hydrogen-bond donors (Lipinski definition) is 1. The fourth-order valence-corrected chi connectivity index (χ4v) is 4.62. The van der Waals surface area contributed by atoms with E-state index in [-0.39, 0.29) is 5.91 Å². The van der Waals surface area contributed by atoms with Crippen LogP contribution >= 0.6 is 23.5 Å². The summed E-state index contributed by atoms with van der Waals surface area (Å²) in [6.45, 7) is 4.46. The molecule has 0 atom stereocenters. The van der Waals surface area contributed by atoms with E-state index in [0.29, 0.717) is 17.9 Å². The highest BCUT2D eigenvalue weighted by molar-refractivity contribution is 7.99. The lowest BCUT2D eigenvalue weighted by Crippen LogP contribution is -2.25. The standard InChI is InChI=1S/C21H23N3O2S2/c1-15-19(16(2)26-24-15)14-28-21-18(10-6-11-23-21)20(25)22-12-7-13-27-17-8-4-3-5-9-17/h3-6,8-11H,7,12-14H2,1-2H3,(H,22,25). The molecule has 3 aromatic rings. The molecule has 0 radical (unpaired) electrons. The van der Waals surface area contributed by atoms with E-state index in [1.54, 1.807) is 24.0 Å². The summed E-state index contributed by atoms with van der Waals surface area (Å²) in [5.74, 6) is 2.36. The van der Waals surface area contributed by atoms with Gasteiger partial charge >= 0.3 is 0 Å². The molecule has 0 unspecified atom stereocenters. The maximum Gasteiger partial charge on any atom is 0.254 e. The Bertz CT molecular complexity index is 894.